The smallest absolute Gasteiger partial charge is 0.125 e. The van der Waals surface area contributed by atoms with Crippen molar-refractivity contribution >= 4 is 17.0 Å². The molecule has 76 valence electrons. The van der Waals surface area contributed by atoms with Crippen LogP contribution >= 0.6 is 17.0 Å². The first-order valence-electron chi connectivity index (χ1n) is 4.56. The van der Waals surface area contributed by atoms with Crippen molar-refractivity contribution in [2.24, 2.45) is 5.73 Å². The molecule has 0 aliphatic heterocycles. The molecule has 0 amide bonds. The van der Waals surface area contributed by atoms with E-state index in [0.717, 1.165) is 25.2 Å². The zero-order valence-corrected chi connectivity index (χ0v) is 9.95. The van der Waals surface area contributed by atoms with Gasteiger partial charge in [-0.1, -0.05) is 13.8 Å². The van der Waals surface area contributed by atoms with Crippen LogP contribution in [0, 0.1) is 0 Å². The average Bonchev–Trinajstić information content (AvgIpc) is 2.52. The van der Waals surface area contributed by atoms with Crippen LogP contribution in [0.4, 0.5) is 0 Å². The summed E-state index contributed by atoms with van der Waals surface area (Å²) in [5.74, 6) is 1.01. The van der Waals surface area contributed by atoms with Crippen LogP contribution in [-0.2, 0) is 6.54 Å². The third-order valence-corrected chi connectivity index (χ3v) is 1.98. The molecule has 0 fully saturated rings. The van der Waals surface area contributed by atoms with Gasteiger partial charge in [0.05, 0.1) is 6.04 Å². The number of aromatic nitrogens is 2. The summed E-state index contributed by atoms with van der Waals surface area (Å²) in [6.07, 6.45) is 5.88. The van der Waals surface area contributed by atoms with E-state index in [2.05, 4.69) is 23.4 Å². The van der Waals surface area contributed by atoms with E-state index in [4.69, 9.17) is 5.73 Å². The van der Waals surface area contributed by atoms with E-state index in [0.29, 0.717) is 0 Å². The van der Waals surface area contributed by atoms with Gasteiger partial charge in [0.25, 0.3) is 0 Å². The first kappa shape index (κ1) is 12.7. The minimum absolute atomic E-state index is 0. The largest absolute Gasteiger partial charge is 0.334 e. The van der Waals surface area contributed by atoms with Crippen molar-refractivity contribution in [3.8, 4) is 0 Å². The van der Waals surface area contributed by atoms with Crippen LogP contribution in [0.2, 0.25) is 0 Å². The first-order valence-corrected chi connectivity index (χ1v) is 4.56. The highest BCUT2D eigenvalue weighted by Crippen LogP contribution is 2.11. The molecule has 1 aromatic heterocycles. The van der Waals surface area contributed by atoms with Crippen LogP contribution in [0.1, 0.15) is 38.6 Å². The van der Waals surface area contributed by atoms with Crippen molar-refractivity contribution in [2.45, 2.75) is 39.3 Å². The monoisotopic (exact) mass is 247 g/mol. The van der Waals surface area contributed by atoms with E-state index in [1.165, 1.54) is 0 Å². The number of rotatable bonds is 4. The SMILES string of the molecule is Br.CCCn1ccnc1C(N)CC. The maximum absolute atomic E-state index is 5.89. The number of nitrogens with zero attached hydrogens (tertiary/aromatic N) is 2. The van der Waals surface area contributed by atoms with Crippen molar-refractivity contribution in [2.75, 3.05) is 0 Å². The molecule has 0 radical (unpaired) electrons. The van der Waals surface area contributed by atoms with E-state index < -0.39 is 0 Å². The number of imidazole rings is 1. The molecular weight excluding hydrogens is 230 g/mol. The van der Waals surface area contributed by atoms with Crippen molar-refractivity contribution in [1.29, 1.82) is 0 Å². The van der Waals surface area contributed by atoms with E-state index >= 15 is 0 Å². The fourth-order valence-corrected chi connectivity index (χ4v) is 1.26. The molecule has 2 N–H and O–H groups in total. The maximum Gasteiger partial charge on any atom is 0.125 e. The second-order valence-corrected chi connectivity index (χ2v) is 2.99. The molecule has 0 aliphatic rings. The second kappa shape index (κ2) is 6.16. The quantitative estimate of drug-likeness (QED) is 0.888. The Morgan fingerprint density at radius 2 is 2.23 bits per heavy atom. The Kier molecular flexibility index (Phi) is 5.99. The van der Waals surface area contributed by atoms with Crippen LogP contribution in [-0.4, -0.2) is 9.55 Å². The Balaban J connectivity index is 0.00000144. The Hall–Kier alpha value is -0.350. The second-order valence-electron chi connectivity index (χ2n) is 2.99. The van der Waals surface area contributed by atoms with Gasteiger partial charge in [-0.15, -0.1) is 17.0 Å². The summed E-state index contributed by atoms with van der Waals surface area (Å²) in [7, 11) is 0. The van der Waals surface area contributed by atoms with Crippen LogP contribution in [0.3, 0.4) is 0 Å². The molecule has 1 aromatic rings. The molecule has 1 heterocycles. The van der Waals surface area contributed by atoms with Gasteiger partial charge in [0, 0.05) is 18.9 Å². The molecule has 13 heavy (non-hydrogen) atoms. The summed E-state index contributed by atoms with van der Waals surface area (Å²) >= 11 is 0. The summed E-state index contributed by atoms with van der Waals surface area (Å²) in [5.41, 5.74) is 5.89. The van der Waals surface area contributed by atoms with E-state index in [1.54, 1.807) is 0 Å². The summed E-state index contributed by atoms with van der Waals surface area (Å²) < 4.78 is 2.13. The number of halogens is 1. The minimum atomic E-state index is 0. The molecule has 0 spiro atoms. The van der Waals surface area contributed by atoms with Crippen molar-refractivity contribution in [3.05, 3.63) is 18.2 Å². The highest BCUT2D eigenvalue weighted by atomic mass is 79.9. The number of hydrogen-bond acceptors (Lipinski definition) is 2. The minimum Gasteiger partial charge on any atom is -0.334 e. The molecular formula is C9H18BrN3. The van der Waals surface area contributed by atoms with Crippen LogP contribution in [0.5, 0.6) is 0 Å². The first-order chi connectivity index (χ1) is 5.79. The number of nitrogens with two attached hydrogens (primary N) is 1. The Bertz CT molecular complexity index is 235. The molecule has 3 nitrogen and oxygen atoms in total. The summed E-state index contributed by atoms with van der Waals surface area (Å²) in [5, 5.41) is 0. The molecule has 0 bridgehead atoms. The fraction of sp³-hybridized carbons (Fsp3) is 0.667. The van der Waals surface area contributed by atoms with Gasteiger partial charge in [-0.3, -0.25) is 0 Å². The number of hydrogen-bond donors (Lipinski definition) is 1. The van der Waals surface area contributed by atoms with Gasteiger partial charge in [0.1, 0.15) is 5.82 Å². The molecule has 0 aromatic carbocycles. The topological polar surface area (TPSA) is 43.8 Å². The molecule has 0 saturated carbocycles. The normalized spacial score (nSPS) is 12.2. The lowest BCUT2D eigenvalue weighted by atomic mass is 10.2. The lowest BCUT2D eigenvalue weighted by Crippen LogP contribution is -2.15. The third kappa shape index (κ3) is 3.12. The standard InChI is InChI=1S/C9H17N3.BrH/c1-3-6-12-7-5-11-9(12)8(10)4-2;/h5,7-8H,3-4,6,10H2,1-2H3;1H. The molecule has 0 aliphatic carbocycles. The predicted octanol–water partition coefficient (Wildman–Crippen LogP) is 2.28. The van der Waals surface area contributed by atoms with Crippen LogP contribution < -0.4 is 5.73 Å². The zero-order valence-electron chi connectivity index (χ0n) is 8.23. The Labute approximate surface area is 90.1 Å². The van der Waals surface area contributed by atoms with Gasteiger partial charge in [-0.05, 0) is 12.8 Å². The van der Waals surface area contributed by atoms with Crippen LogP contribution in [0.15, 0.2) is 12.4 Å². The summed E-state index contributed by atoms with van der Waals surface area (Å²) in [4.78, 5) is 4.24. The van der Waals surface area contributed by atoms with Gasteiger partial charge in [-0.25, -0.2) is 4.98 Å². The Morgan fingerprint density at radius 3 is 2.77 bits per heavy atom. The summed E-state index contributed by atoms with van der Waals surface area (Å²) in [6, 6.07) is 0.0894. The fourth-order valence-electron chi connectivity index (χ4n) is 1.26. The highest BCUT2D eigenvalue weighted by molar-refractivity contribution is 8.93. The maximum atomic E-state index is 5.89. The molecule has 4 heteroatoms. The van der Waals surface area contributed by atoms with E-state index in [-0.39, 0.29) is 23.0 Å². The lowest BCUT2D eigenvalue weighted by molar-refractivity contribution is 0.566. The average molecular weight is 248 g/mol. The van der Waals surface area contributed by atoms with Gasteiger partial charge < -0.3 is 10.3 Å². The van der Waals surface area contributed by atoms with Gasteiger partial charge in [0.2, 0.25) is 0 Å². The highest BCUT2D eigenvalue weighted by Gasteiger charge is 2.08. The van der Waals surface area contributed by atoms with E-state index in [1.807, 2.05) is 12.4 Å². The van der Waals surface area contributed by atoms with Crippen molar-refractivity contribution < 1.29 is 0 Å². The lowest BCUT2D eigenvalue weighted by Gasteiger charge is -2.10. The number of aryl methyl sites for hydroxylation is 1. The van der Waals surface area contributed by atoms with E-state index in [9.17, 15) is 0 Å². The van der Waals surface area contributed by atoms with Gasteiger partial charge in [0.15, 0.2) is 0 Å². The van der Waals surface area contributed by atoms with Crippen molar-refractivity contribution in [3.63, 3.8) is 0 Å². The molecule has 1 atom stereocenters. The zero-order chi connectivity index (χ0) is 8.97. The van der Waals surface area contributed by atoms with Gasteiger partial charge in [-0.2, -0.15) is 0 Å². The predicted molar refractivity (Wildman–Crippen MR) is 60.1 cm³/mol. The van der Waals surface area contributed by atoms with Crippen molar-refractivity contribution in [1.82, 2.24) is 9.55 Å². The molecule has 1 rings (SSSR count). The van der Waals surface area contributed by atoms with Crippen LogP contribution in [0.25, 0.3) is 0 Å². The molecule has 1 unspecified atom stereocenters. The Morgan fingerprint density at radius 1 is 1.54 bits per heavy atom. The summed E-state index contributed by atoms with van der Waals surface area (Å²) in [6.45, 7) is 5.25. The molecule has 0 saturated heterocycles. The van der Waals surface area contributed by atoms with Gasteiger partial charge >= 0.3 is 0 Å². The third-order valence-electron chi connectivity index (χ3n) is 1.98.